The van der Waals surface area contributed by atoms with Crippen LogP contribution < -0.4 is 0 Å². The second-order valence-electron chi connectivity index (χ2n) is 6.79. The summed E-state index contributed by atoms with van der Waals surface area (Å²) in [5, 5.41) is 3.50. The molecule has 2 aromatic carbocycles. The minimum Gasteiger partial charge on any atom is -0.464 e. The fourth-order valence-electron chi connectivity index (χ4n) is 3.98. The molecule has 0 amide bonds. The lowest BCUT2D eigenvalue weighted by Gasteiger charge is -2.08. The topological polar surface area (TPSA) is 43.9 Å². The number of furan rings is 1. The van der Waals surface area contributed by atoms with Crippen LogP contribution in [0.25, 0.3) is 49.7 Å². The van der Waals surface area contributed by atoms with Gasteiger partial charge in [-0.15, -0.1) is 0 Å². The minimum absolute atomic E-state index is 0.880. The first-order valence-corrected chi connectivity index (χ1v) is 9.16. The molecular formula is C24H15N3O. The zero-order valence-corrected chi connectivity index (χ0v) is 14.9. The van der Waals surface area contributed by atoms with Crippen molar-refractivity contribution in [2.75, 3.05) is 0 Å². The van der Waals surface area contributed by atoms with Crippen LogP contribution in [0.1, 0.15) is 0 Å². The fraction of sp³-hybridized carbons (Fsp3) is 0. The summed E-state index contributed by atoms with van der Waals surface area (Å²) in [4.78, 5) is 8.89. The van der Waals surface area contributed by atoms with Crippen molar-refractivity contribution in [3.05, 3.63) is 91.6 Å². The minimum atomic E-state index is 0.880. The average Bonchev–Trinajstić information content (AvgIpc) is 3.37. The third-order valence-corrected chi connectivity index (χ3v) is 5.26. The molecule has 0 fully saturated rings. The lowest BCUT2D eigenvalue weighted by Crippen LogP contribution is -1.97. The molecule has 0 spiro atoms. The highest BCUT2D eigenvalue weighted by atomic mass is 16.3. The van der Waals surface area contributed by atoms with Crippen LogP contribution in [0.5, 0.6) is 0 Å². The number of fused-ring (bicyclic) bond motifs is 5. The van der Waals surface area contributed by atoms with E-state index in [2.05, 4.69) is 52.0 Å². The molecule has 0 aliphatic carbocycles. The lowest BCUT2D eigenvalue weighted by atomic mass is 10.1. The normalized spacial score (nSPS) is 11.6. The summed E-state index contributed by atoms with van der Waals surface area (Å²) in [5.74, 6) is 0.887. The molecule has 132 valence electrons. The molecule has 0 atom stereocenters. The van der Waals surface area contributed by atoms with Gasteiger partial charge in [-0.25, -0.2) is 4.98 Å². The molecule has 0 aliphatic heterocycles. The molecule has 4 heterocycles. The van der Waals surface area contributed by atoms with Crippen LogP contribution in [0.2, 0.25) is 0 Å². The SMILES string of the molecule is c1ccc2c(c1)c1ccc3occc3c1n2-c1ccc(-c2ccncc2)cn1. The third-order valence-electron chi connectivity index (χ3n) is 5.26. The van der Waals surface area contributed by atoms with Gasteiger partial charge in [-0.05, 0) is 54.1 Å². The molecule has 0 aliphatic rings. The summed E-state index contributed by atoms with van der Waals surface area (Å²) in [6, 6.07) is 22.8. The molecule has 0 unspecified atom stereocenters. The number of benzene rings is 2. The molecule has 4 nitrogen and oxygen atoms in total. The van der Waals surface area contributed by atoms with Crippen LogP contribution in [0.3, 0.4) is 0 Å². The van der Waals surface area contributed by atoms with E-state index in [1.165, 1.54) is 10.8 Å². The monoisotopic (exact) mass is 361 g/mol. The van der Waals surface area contributed by atoms with Gasteiger partial charge in [0.25, 0.3) is 0 Å². The van der Waals surface area contributed by atoms with Gasteiger partial charge >= 0.3 is 0 Å². The van der Waals surface area contributed by atoms with Crippen LogP contribution >= 0.6 is 0 Å². The van der Waals surface area contributed by atoms with Crippen molar-refractivity contribution in [1.82, 2.24) is 14.5 Å². The second-order valence-corrected chi connectivity index (χ2v) is 6.79. The highest BCUT2D eigenvalue weighted by Crippen LogP contribution is 2.36. The smallest absolute Gasteiger partial charge is 0.137 e. The van der Waals surface area contributed by atoms with Gasteiger partial charge in [0.15, 0.2) is 0 Å². The number of nitrogens with zero attached hydrogens (tertiary/aromatic N) is 3. The van der Waals surface area contributed by atoms with Gasteiger partial charge in [0, 0.05) is 40.3 Å². The number of pyridine rings is 2. The summed E-state index contributed by atoms with van der Waals surface area (Å²) < 4.78 is 7.87. The molecule has 6 rings (SSSR count). The van der Waals surface area contributed by atoms with E-state index in [4.69, 9.17) is 9.40 Å². The summed E-state index contributed by atoms with van der Waals surface area (Å²) in [5.41, 5.74) is 5.31. The fourth-order valence-corrected chi connectivity index (χ4v) is 3.98. The van der Waals surface area contributed by atoms with Crippen molar-refractivity contribution in [2.24, 2.45) is 0 Å². The molecule has 0 N–H and O–H groups in total. The zero-order chi connectivity index (χ0) is 18.5. The average molecular weight is 361 g/mol. The van der Waals surface area contributed by atoms with Crippen molar-refractivity contribution < 1.29 is 4.42 Å². The van der Waals surface area contributed by atoms with Crippen molar-refractivity contribution in [1.29, 1.82) is 0 Å². The van der Waals surface area contributed by atoms with Gasteiger partial charge in [0.1, 0.15) is 11.4 Å². The van der Waals surface area contributed by atoms with Crippen LogP contribution in [0.15, 0.2) is 96.0 Å². The highest BCUT2D eigenvalue weighted by Gasteiger charge is 2.16. The molecule has 4 heteroatoms. The van der Waals surface area contributed by atoms with E-state index in [1.807, 2.05) is 30.5 Å². The second kappa shape index (κ2) is 5.79. The Morgan fingerprint density at radius 2 is 1.61 bits per heavy atom. The van der Waals surface area contributed by atoms with Gasteiger partial charge in [0.05, 0.1) is 17.3 Å². The summed E-state index contributed by atoms with van der Waals surface area (Å²) in [7, 11) is 0. The molecule has 6 aromatic rings. The quantitative estimate of drug-likeness (QED) is 0.381. The first kappa shape index (κ1) is 15.2. The van der Waals surface area contributed by atoms with Crippen LogP contribution in [-0.2, 0) is 0 Å². The Hall–Kier alpha value is -3.92. The maximum atomic E-state index is 5.65. The maximum absolute atomic E-state index is 5.65. The Bertz CT molecular complexity index is 1440. The number of hydrogen-bond donors (Lipinski definition) is 0. The number of hydrogen-bond acceptors (Lipinski definition) is 3. The predicted molar refractivity (Wildman–Crippen MR) is 112 cm³/mol. The van der Waals surface area contributed by atoms with Crippen molar-refractivity contribution in [3.63, 3.8) is 0 Å². The van der Waals surface area contributed by atoms with Gasteiger partial charge in [-0.2, -0.15) is 0 Å². The van der Waals surface area contributed by atoms with E-state index < -0.39 is 0 Å². The van der Waals surface area contributed by atoms with E-state index in [9.17, 15) is 0 Å². The number of rotatable bonds is 2. The van der Waals surface area contributed by atoms with Gasteiger partial charge < -0.3 is 4.42 Å². The lowest BCUT2D eigenvalue weighted by molar-refractivity contribution is 0.616. The Balaban J connectivity index is 1.66. The molecule has 0 bridgehead atoms. The zero-order valence-electron chi connectivity index (χ0n) is 14.9. The number of para-hydroxylation sites is 1. The Labute approximate surface area is 160 Å². The van der Waals surface area contributed by atoms with Gasteiger partial charge in [-0.3, -0.25) is 9.55 Å². The van der Waals surface area contributed by atoms with E-state index in [-0.39, 0.29) is 0 Å². The van der Waals surface area contributed by atoms with Gasteiger partial charge in [0.2, 0.25) is 0 Å². The van der Waals surface area contributed by atoms with Crippen LogP contribution in [0, 0.1) is 0 Å². The molecule has 0 radical (unpaired) electrons. The van der Waals surface area contributed by atoms with E-state index >= 15 is 0 Å². The van der Waals surface area contributed by atoms with Crippen LogP contribution in [0.4, 0.5) is 0 Å². The van der Waals surface area contributed by atoms with Crippen molar-refractivity contribution in [2.45, 2.75) is 0 Å². The predicted octanol–water partition coefficient (Wildman–Crippen LogP) is 5.99. The third kappa shape index (κ3) is 2.12. The summed E-state index contributed by atoms with van der Waals surface area (Å²) >= 11 is 0. The highest BCUT2D eigenvalue weighted by molar-refractivity contribution is 6.17. The maximum Gasteiger partial charge on any atom is 0.137 e. The van der Waals surface area contributed by atoms with Gasteiger partial charge in [-0.1, -0.05) is 18.2 Å². The molecule has 4 aromatic heterocycles. The molecule has 0 saturated carbocycles. The molecule has 0 saturated heterocycles. The molecular weight excluding hydrogens is 346 g/mol. The summed E-state index contributed by atoms with van der Waals surface area (Å²) in [6.45, 7) is 0. The first-order valence-electron chi connectivity index (χ1n) is 9.16. The Morgan fingerprint density at radius 1 is 0.714 bits per heavy atom. The summed E-state index contributed by atoms with van der Waals surface area (Å²) in [6.07, 6.45) is 7.25. The van der Waals surface area contributed by atoms with E-state index in [0.29, 0.717) is 0 Å². The van der Waals surface area contributed by atoms with E-state index in [0.717, 1.165) is 38.9 Å². The van der Waals surface area contributed by atoms with Crippen molar-refractivity contribution in [3.8, 4) is 16.9 Å². The largest absolute Gasteiger partial charge is 0.464 e. The van der Waals surface area contributed by atoms with Crippen molar-refractivity contribution >= 4 is 32.8 Å². The number of aromatic nitrogens is 3. The Morgan fingerprint density at radius 3 is 2.46 bits per heavy atom. The van der Waals surface area contributed by atoms with Crippen LogP contribution in [-0.4, -0.2) is 14.5 Å². The molecule has 28 heavy (non-hydrogen) atoms. The first-order chi connectivity index (χ1) is 13.9. The van der Waals surface area contributed by atoms with E-state index in [1.54, 1.807) is 18.7 Å². The standard InChI is InChI=1S/C24H15N3O/c1-2-4-21-18(3-1)19-6-7-22-20(11-14-28-22)24(19)27(21)23-8-5-17(15-26-23)16-9-12-25-13-10-16/h1-15H. The Kier molecular flexibility index (Phi) is 3.14.